The number of nitrogens with zero attached hydrogens (tertiary/aromatic N) is 2. The van der Waals surface area contributed by atoms with Gasteiger partial charge in [0.05, 0.1) is 4.92 Å². The highest BCUT2D eigenvalue weighted by molar-refractivity contribution is 5.52. The lowest BCUT2D eigenvalue weighted by molar-refractivity contribution is -0.386. The van der Waals surface area contributed by atoms with Crippen molar-refractivity contribution in [3.8, 4) is 5.75 Å². The summed E-state index contributed by atoms with van der Waals surface area (Å²) in [6.45, 7) is 4.72. The van der Waals surface area contributed by atoms with Crippen molar-refractivity contribution >= 4 is 11.5 Å². The van der Waals surface area contributed by atoms with E-state index < -0.39 is 4.92 Å². The quantitative estimate of drug-likeness (QED) is 0.651. The van der Waals surface area contributed by atoms with Crippen molar-refractivity contribution in [1.29, 1.82) is 0 Å². The number of ether oxygens (including phenoxy) is 1. The van der Waals surface area contributed by atoms with Crippen LogP contribution in [0.1, 0.15) is 18.1 Å². The summed E-state index contributed by atoms with van der Waals surface area (Å²) in [5, 5.41) is 14.2. The maximum atomic E-state index is 11.1. The monoisotopic (exact) mass is 287 g/mol. The maximum absolute atomic E-state index is 11.1. The van der Waals surface area contributed by atoms with Gasteiger partial charge < -0.3 is 10.1 Å². The lowest BCUT2D eigenvalue weighted by atomic mass is 10.2. The molecule has 1 aromatic heterocycles. The van der Waals surface area contributed by atoms with E-state index in [1.165, 1.54) is 0 Å². The van der Waals surface area contributed by atoms with E-state index in [-0.39, 0.29) is 18.0 Å². The van der Waals surface area contributed by atoms with Gasteiger partial charge in [-0.15, -0.1) is 0 Å². The van der Waals surface area contributed by atoms with Crippen molar-refractivity contribution in [1.82, 2.24) is 4.98 Å². The van der Waals surface area contributed by atoms with Gasteiger partial charge in [0.15, 0.2) is 5.75 Å². The Bertz CT molecular complexity index is 644. The summed E-state index contributed by atoms with van der Waals surface area (Å²) in [6, 6.07) is 8.74. The summed E-state index contributed by atoms with van der Waals surface area (Å²) in [4.78, 5) is 14.9. The van der Waals surface area contributed by atoms with Crippen LogP contribution in [0.2, 0.25) is 0 Å². The third kappa shape index (κ3) is 3.68. The highest BCUT2D eigenvalue weighted by Crippen LogP contribution is 2.30. The van der Waals surface area contributed by atoms with Crippen molar-refractivity contribution in [3.05, 3.63) is 57.8 Å². The standard InChI is InChI=1S/C15H17N3O3/c1-3-16-14-9-12(7-8-17-14)10-21-13-6-4-5-11(2)15(13)18(19)20/h4-9H,3,10H2,1-2H3,(H,16,17). The van der Waals surface area contributed by atoms with E-state index in [2.05, 4.69) is 10.3 Å². The second kappa shape index (κ2) is 6.69. The number of para-hydroxylation sites is 1. The average molecular weight is 287 g/mol. The van der Waals surface area contributed by atoms with Crippen LogP contribution in [-0.2, 0) is 6.61 Å². The van der Waals surface area contributed by atoms with Crippen LogP contribution < -0.4 is 10.1 Å². The van der Waals surface area contributed by atoms with E-state index in [0.29, 0.717) is 5.56 Å². The molecule has 2 rings (SSSR count). The number of nitro groups is 1. The number of pyridine rings is 1. The molecule has 0 fully saturated rings. The molecule has 0 saturated heterocycles. The molecule has 0 spiro atoms. The number of aromatic nitrogens is 1. The van der Waals surface area contributed by atoms with E-state index in [9.17, 15) is 10.1 Å². The van der Waals surface area contributed by atoms with Gasteiger partial charge >= 0.3 is 5.69 Å². The highest BCUT2D eigenvalue weighted by Gasteiger charge is 2.18. The van der Waals surface area contributed by atoms with Crippen LogP contribution in [0.5, 0.6) is 5.75 Å². The normalized spacial score (nSPS) is 10.2. The molecule has 0 aliphatic rings. The third-order valence-electron chi connectivity index (χ3n) is 2.96. The molecule has 21 heavy (non-hydrogen) atoms. The fourth-order valence-corrected chi connectivity index (χ4v) is 1.99. The predicted molar refractivity (Wildman–Crippen MR) is 80.6 cm³/mol. The van der Waals surface area contributed by atoms with E-state index in [1.807, 2.05) is 19.1 Å². The van der Waals surface area contributed by atoms with Crippen LogP contribution in [-0.4, -0.2) is 16.5 Å². The smallest absolute Gasteiger partial charge is 0.313 e. The molecule has 0 atom stereocenters. The van der Waals surface area contributed by atoms with Gasteiger partial charge in [0.25, 0.3) is 0 Å². The summed E-state index contributed by atoms with van der Waals surface area (Å²) in [5.41, 5.74) is 1.50. The summed E-state index contributed by atoms with van der Waals surface area (Å²) < 4.78 is 5.60. The highest BCUT2D eigenvalue weighted by atomic mass is 16.6. The van der Waals surface area contributed by atoms with Crippen LogP contribution in [0.25, 0.3) is 0 Å². The first kappa shape index (κ1) is 14.8. The number of nitro benzene ring substituents is 1. The summed E-state index contributed by atoms with van der Waals surface area (Å²) in [6.07, 6.45) is 1.68. The van der Waals surface area contributed by atoms with Crippen LogP contribution >= 0.6 is 0 Å². The SMILES string of the molecule is CCNc1cc(COc2cccc(C)c2[N+](=O)[O-])ccn1. The van der Waals surface area contributed by atoms with E-state index in [4.69, 9.17) is 4.74 Å². The van der Waals surface area contributed by atoms with Gasteiger partial charge in [0, 0.05) is 18.3 Å². The minimum Gasteiger partial charge on any atom is -0.482 e. The van der Waals surface area contributed by atoms with E-state index >= 15 is 0 Å². The predicted octanol–water partition coefficient (Wildman–Crippen LogP) is 3.31. The maximum Gasteiger partial charge on any atom is 0.313 e. The van der Waals surface area contributed by atoms with Gasteiger partial charge in [0.1, 0.15) is 12.4 Å². The molecule has 0 amide bonds. The van der Waals surface area contributed by atoms with Gasteiger partial charge in [0.2, 0.25) is 0 Å². The molecule has 0 bridgehead atoms. The van der Waals surface area contributed by atoms with Crippen LogP contribution in [0.4, 0.5) is 11.5 Å². The molecule has 0 saturated carbocycles. The molecule has 0 radical (unpaired) electrons. The third-order valence-corrected chi connectivity index (χ3v) is 2.96. The molecule has 1 heterocycles. The second-order valence-electron chi connectivity index (χ2n) is 4.55. The van der Waals surface area contributed by atoms with Crippen molar-refractivity contribution in [2.45, 2.75) is 20.5 Å². The zero-order valence-corrected chi connectivity index (χ0v) is 12.0. The molecule has 0 aliphatic heterocycles. The molecule has 110 valence electrons. The molecular formula is C15H17N3O3. The number of nitrogens with one attached hydrogen (secondary N) is 1. The first-order valence-corrected chi connectivity index (χ1v) is 6.67. The number of hydrogen-bond acceptors (Lipinski definition) is 5. The van der Waals surface area contributed by atoms with Crippen LogP contribution in [0.3, 0.4) is 0 Å². The topological polar surface area (TPSA) is 77.3 Å². The number of hydrogen-bond donors (Lipinski definition) is 1. The first-order chi connectivity index (χ1) is 10.1. The minimum absolute atomic E-state index is 0.0125. The van der Waals surface area contributed by atoms with E-state index in [1.54, 1.807) is 31.3 Å². The molecular weight excluding hydrogens is 270 g/mol. The Morgan fingerprint density at radius 2 is 2.19 bits per heavy atom. The first-order valence-electron chi connectivity index (χ1n) is 6.67. The van der Waals surface area contributed by atoms with Gasteiger partial charge in [-0.2, -0.15) is 0 Å². The van der Waals surface area contributed by atoms with Gasteiger partial charge in [-0.3, -0.25) is 10.1 Å². The van der Waals surface area contributed by atoms with E-state index in [0.717, 1.165) is 17.9 Å². The summed E-state index contributed by atoms with van der Waals surface area (Å²) in [5.74, 6) is 1.04. The van der Waals surface area contributed by atoms with Crippen molar-refractivity contribution in [2.24, 2.45) is 0 Å². The zero-order valence-electron chi connectivity index (χ0n) is 12.0. The Kier molecular flexibility index (Phi) is 4.71. The average Bonchev–Trinajstić information content (AvgIpc) is 2.45. The molecule has 1 aromatic carbocycles. The number of rotatable bonds is 6. The Balaban J connectivity index is 2.15. The molecule has 0 aliphatic carbocycles. The Labute approximate surface area is 122 Å². The number of benzene rings is 1. The fraction of sp³-hybridized carbons (Fsp3) is 0.267. The summed E-state index contributed by atoms with van der Waals surface area (Å²) >= 11 is 0. The molecule has 0 unspecified atom stereocenters. The summed E-state index contributed by atoms with van der Waals surface area (Å²) in [7, 11) is 0. The molecule has 2 aromatic rings. The lowest BCUT2D eigenvalue weighted by Crippen LogP contribution is -2.03. The second-order valence-corrected chi connectivity index (χ2v) is 4.55. The molecule has 1 N–H and O–H groups in total. The Morgan fingerprint density at radius 1 is 1.38 bits per heavy atom. The number of anilines is 1. The van der Waals surface area contributed by atoms with Crippen LogP contribution in [0.15, 0.2) is 36.5 Å². The molecule has 6 heteroatoms. The largest absolute Gasteiger partial charge is 0.482 e. The van der Waals surface area contributed by atoms with Crippen molar-refractivity contribution in [2.75, 3.05) is 11.9 Å². The lowest BCUT2D eigenvalue weighted by Gasteiger charge is -2.09. The molecule has 6 nitrogen and oxygen atoms in total. The van der Waals surface area contributed by atoms with Gasteiger partial charge in [-0.05, 0) is 37.6 Å². The zero-order chi connectivity index (χ0) is 15.2. The fourth-order valence-electron chi connectivity index (χ4n) is 1.99. The van der Waals surface area contributed by atoms with Crippen molar-refractivity contribution < 1.29 is 9.66 Å². The van der Waals surface area contributed by atoms with Gasteiger partial charge in [-0.25, -0.2) is 4.98 Å². The Hall–Kier alpha value is -2.63. The van der Waals surface area contributed by atoms with Crippen LogP contribution in [0, 0.1) is 17.0 Å². The minimum atomic E-state index is -0.415. The van der Waals surface area contributed by atoms with Gasteiger partial charge in [-0.1, -0.05) is 12.1 Å². The Morgan fingerprint density at radius 3 is 2.90 bits per heavy atom. The number of aryl methyl sites for hydroxylation is 1. The van der Waals surface area contributed by atoms with Crippen molar-refractivity contribution in [3.63, 3.8) is 0 Å².